The van der Waals surface area contributed by atoms with E-state index in [2.05, 4.69) is 4.74 Å². The number of methoxy groups -OCH3 is 1. The molecule has 4 fully saturated rings. The Morgan fingerprint density at radius 2 is 1.93 bits per heavy atom. The standard InChI is InChI=1S/C20H24F2O5/c1-25-16-5-12(2-3-15(16)27-18(21)22)10-26-17(23)19-6-13-4-14(7-19)9-20(24,8-13)11-19/h2-3,5,13-14,18,24H,4,6-11H2,1H3/t13-,14+,19?,20?. The second-order valence-corrected chi connectivity index (χ2v) is 8.41. The molecule has 0 heterocycles. The largest absolute Gasteiger partial charge is 0.493 e. The van der Waals surface area contributed by atoms with Crippen LogP contribution in [0.2, 0.25) is 0 Å². The van der Waals surface area contributed by atoms with Crippen molar-refractivity contribution in [2.45, 2.75) is 57.3 Å². The maximum atomic E-state index is 12.9. The fourth-order valence-electron chi connectivity index (χ4n) is 5.75. The van der Waals surface area contributed by atoms with Crippen LogP contribution in [0.4, 0.5) is 8.78 Å². The Bertz CT molecular complexity index is 721. The molecular formula is C20H24F2O5. The predicted octanol–water partition coefficient (Wildman–Crippen LogP) is 3.67. The topological polar surface area (TPSA) is 65.0 Å². The molecule has 4 bridgehead atoms. The Balaban J connectivity index is 1.44. The number of rotatable bonds is 6. The van der Waals surface area contributed by atoms with Crippen LogP contribution in [0, 0.1) is 17.3 Å². The second kappa shape index (κ2) is 6.62. The summed E-state index contributed by atoms with van der Waals surface area (Å²) >= 11 is 0. The lowest BCUT2D eigenvalue weighted by atomic mass is 9.48. The number of benzene rings is 1. The van der Waals surface area contributed by atoms with Gasteiger partial charge in [0, 0.05) is 0 Å². The summed E-state index contributed by atoms with van der Waals surface area (Å²) in [6, 6.07) is 4.47. The van der Waals surface area contributed by atoms with Crippen LogP contribution in [-0.2, 0) is 16.1 Å². The summed E-state index contributed by atoms with van der Waals surface area (Å²) in [5, 5.41) is 10.8. The monoisotopic (exact) mass is 382 g/mol. The van der Waals surface area contributed by atoms with Crippen LogP contribution in [0.5, 0.6) is 11.5 Å². The van der Waals surface area contributed by atoms with Crippen LogP contribution in [0.15, 0.2) is 18.2 Å². The van der Waals surface area contributed by atoms with Crippen molar-refractivity contribution >= 4 is 5.97 Å². The van der Waals surface area contributed by atoms with E-state index in [0.29, 0.717) is 23.8 Å². The van der Waals surface area contributed by atoms with E-state index in [9.17, 15) is 18.7 Å². The SMILES string of the molecule is COc1cc(COC(=O)C23C[C@@H]4C[C@@H](CC(O)(C4)C2)C3)ccc1OC(F)F. The number of carbonyl (C=O) groups is 1. The highest BCUT2D eigenvalue weighted by atomic mass is 19.3. The quantitative estimate of drug-likeness (QED) is 0.761. The first kappa shape index (κ1) is 18.5. The van der Waals surface area contributed by atoms with Gasteiger partial charge in [0.2, 0.25) is 0 Å². The molecule has 0 saturated heterocycles. The highest BCUT2D eigenvalue weighted by molar-refractivity contribution is 5.77. The zero-order valence-corrected chi connectivity index (χ0v) is 15.2. The van der Waals surface area contributed by atoms with Crippen molar-refractivity contribution in [3.8, 4) is 11.5 Å². The lowest BCUT2D eigenvalue weighted by molar-refractivity contribution is -0.197. The van der Waals surface area contributed by atoms with Crippen LogP contribution in [0.25, 0.3) is 0 Å². The zero-order valence-electron chi connectivity index (χ0n) is 15.2. The molecule has 7 heteroatoms. The smallest absolute Gasteiger partial charge is 0.387 e. The van der Waals surface area contributed by atoms with Crippen molar-refractivity contribution in [3.05, 3.63) is 23.8 Å². The Labute approximate surface area is 156 Å². The number of aliphatic hydroxyl groups is 1. The highest BCUT2D eigenvalue weighted by Gasteiger charge is 2.60. The zero-order chi connectivity index (χ0) is 19.2. The van der Waals surface area contributed by atoms with Gasteiger partial charge in [-0.1, -0.05) is 6.07 Å². The summed E-state index contributed by atoms with van der Waals surface area (Å²) in [5.74, 6) is 0.630. The summed E-state index contributed by atoms with van der Waals surface area (Å²) in [4.78, 5) is 12.9. The summed E-state index contributed by atoms with van der Waals surface area (Å²) in [6.07, 6.45) is 4.74. The van der Waals surface area contributed by atoms with E-state index >= 15 is 0 Å². The molecule has 0 radical (unpaired) electrons. The fourth-order valence-corrected chi connectivity index (χ4v) is 5.75. The van der Waals surface area contributed by atoms with Gasteiger partial charge in [0.25, 0.3) is 0 Å². The van der Waals surface area contributed by atoms with Crippen molar-refractivity contribution < 1.29 is 32.9 Å². The molecule has 4 aliphatic carbocycles. The molecule has 0 aliphatic heterocycles. The van der Waals surface area contributed by atoms with Crippen LogP contribution in [-0.4, -0.2) is 30.4 Å². The molecule has 0 aromatic heterocycles. The van der Waals surface area contributed by atoms with Gasteiger partial charge in [-0.3, -0.25) is 4.79 Å². The van der Waals surface area contributed by atoms with Crippen molar-refractivity contribution in [3.63, 3.8) is 0 Å². The van der Waals surface area contributed by atoms with Gasteiger partial charge in [-0.2, -0.15) is 8.78 Å². The molecule has 1 aromatic rings. The lowest BCUT2D eigenvalue weighted by Gasteiger charge is -2.58. The molecular weight excluding hydrogens is 358 g/mol. The Morgan fingerprint density at radius 3 is 2.52 bits per heavy atom. The highest BCUT2D eigenvalue weighted by Crippen LogP contribution is 2.62. The van der Waals surface area contributed by atoms with E-state index in [1.807, 2.05) is 0 Å². The lowest BCUT2D eigenvalue weighted by Crippen LogP contribution is -2.58. The van der Waals surface area contributed by atoms with Gasteiger partial charge in [0.1, 0.15) is 6.61 Å². The van der Waals surface area contributed by atoms with E-state index in [4.69, 9.17) is 9.47 Å². The number of esters is 1. The number of hydrogen-bond acceptors (Lipinski definition) is 5. The summed E-state index contributed by atoms with van der Waals surface area (Å²) < 4.78 is 39.9. The Hall–Kier alpha value is -1.89. The van der Waals surface area contributed by atoms with E-state index in [-0.39, 0.29) is 24.1 Å². The minimum Gasteiger partial charge on any atom is -0.493 e. The number of carbonyl (C=O) groups excluding carboxylic acids is 1. The van der Waals surface area contributed by atoms with Crippen LogP contribution in [0.1, 0.15) is 44.1 Å². The van der Waals surface area contributed by atoms with Gasteiger partial charge >= 0.3 is 12.6 Å². The van der Waals surface area contributed by atoms with Crippen molar-refractivity contribution in [2.75, 3.05) is 7.11 Å². The van der Waals surface area contributed by atoms with Crippen molar-refractivity contribution in [1.29, 1.82) is 0 Å². The number of hydrogen-bond donors (Lipinski definition) is 1. The molecule has 4 aliphatic rings. The first-order chi connectivity index (χ1) is 12.8. The Kier molecular flexibility index (Phi) is 4.53. The number of alkyl halides is 2. The van der Waals surface area contributed by atoms with Gasteiger partial charge in [0.15, 0.2) is 11.5 Å². The molecule has 5 nitrogen and oxygen atoms in total. The molecule has 4 atom stereocenters. The number of halogens is 2. The van der Waals surface area contributed by atoms with Crippen LogP contribution >= 0.6 is 0 Å². The second-order valence-electron chi connectivity index (χ2n) is 8.41. The third kappa shape index (κ3) is 3.49. The first-order valence-corrected chi connectivity index (χ1v) is 9.32. The molecule has 1 aromatic carbocycles. The third-order valence-electron chi connectivity index (χ3n) is 6.28. The molecule has 5 rings (SSSR count). The van der Waals surface area contributed by atoms with Crippen molar-refractivity contribution in [1.82, 2.24) is 0 Å². The average molecular weight is 382 g/mol. The molecule has 2 unspecified atom stereocenters. The van der Waals surface area contributed by atoms with Gasteiger partial charge in [-0.25, -0.2) is 0 Å². The molecule has 1 N–H and O–H groups in total. The Morgan fingerprint density at radius 1 is 1.22 bits per heavy atom. The van der Waals surface area contributed by atoms with Gasteiger partial charge in [0.05, 0.1) is 18.1 Å². The van der Waals surface area contributed by atoms with E-state index in [0.717, 1.165) is 32.1 Å². The minimum atomic E-state index is -2.94. The summed E-state index contributed by atoms with van der Waals surface area (Å²) in [7, 11) is 1.36. The van der Waals surface area contributed by atoms with Gasteiger partial charge in [-0.15, -0.1) is 0 Å². The molecule has 0 spiro atoms. The van der Waals surface area contributed by atoms with Gasteiger partial charge in [-0.05, 0) is 68.1 Å². The molecule has 4 saturated carbocycles. The molecule has 0 amide bonds. The van der Waals surface area contributed by atoms with Gasteiger partial charge < -0.3 is 19.3 Å². The third-order valence-corrected chi connectivity index (χ3v) is 6.28. The average Bonchev–Trinajstić information content (AvgIpc) is 2.57. The molecule has 148 valence electrons. The van der Waals surface area contributed by atoms with Crippen molar-refractivity contribution in [2.24, 2.45) is 17.3 Å². The van der Waals surface area contributed by atoms with Crippen LogP contribution < -0.4 is 9.47 Å². The van der Waals surface area contributed by atoms with Crippen LogP contribution in [0.3, 0.4) is 0 Å². The fraction of sp³-hybridized carbons (Fsp3) is 0.650. The maximum absolute atomic E-state index is 12.9. The summed E-state index contributed by atoms with van der Waals surface area (Å²) in [5.41, 5.74) is -0.673. The number of ether oxygens (including phenoxy) is 3. The first-order valence-electron chi connectivity index (χ1n) is 9.32. The molecule has 27 heavy (non-hydrogen) atoms. The van der Waals surface area contributed by atoms with E-state index in [1.165, 1.54) is 19.2 Å². The van der Waals surface area contributed by atoms with E-state index < -0.39 is 17.6 Å². The normalized spacial score (nSPS) is 34.0. The summed E-state index contributed by atoms with van der Waals surface area (Å²) in [6.45, 7) is -2.91. The minimum absolute atomic E-state index is 0.0274. The maximum Gasteiger partial charge on any atom is 0.387 e. The predicted molar refractivity (Wildman–Crippen MR) is 91.5 cm³/mol. The van der Waals surface area contributed by atoms with E-state index in [1.54, 1.807) is 6.07 Å².